The van der Waals surface area contributed by atoms with Crippen LogP contribution in [0.5, 0.6) is 0 Å². The summed E-state index contributed by atoms with van der Waals surface area (Å²) in [4.78, 5) is 11.6. The van der Waals surface area contributed by atoms with E-state index in [1.807, 2.05) is 27.7 Å². The molecule has 0 rings (SSSR count). The van der Waals surface area contributed by atoms with Crippen LogP contribution in [-0.4, -0.2) is 34.4 Å². The van der Waals surface area contributed by atoms with Gasteiger partial charge in [0.05, 0.1) is 18.2 Å². The topological polar surface area (TPSA) is 47.6 Å². The van der Waals surface area contributed by atoms with E-state index in [9.17, 15) is 4.79 Å². The van der Waals surface area contributed by atoms with E-state index < -0.39 is 11.7 Å². The molecule has 0 radical (unpaired) electrons. The summed E-state index contributed by atoms with van der Waals surface area (Å²) in [5.74, 6) is 0. The zero-order valence-electron chi connectivity index (χ0n) is 13.0. The van der Waals surface area contributed by atoms with Crippen LogP contribution in [0.1, 0.15) is 54.4 Å². The van der Waals surface area contributed by atoms with Crippen LogP contribution in [0.2, 0.25) is 0 Å². The summed E-state index contributed by atoms with van der Waals surface area (Å²) in [6, 6.07) is 0. The lowest BCUT2D eigenvalue weighted by Crippen LogP contribution is -2.47. The number of ether oxygens (including phenoxy) is 2. The molecule has 0 aliphatic carbocycles. The molecule has 0 aliphatic rings. The summed E-state index contributed by atoms with van der Waals surface area (Å²) in [7, 11) is 0. The molecule has 0 aliphatic heterocycles. The van der Waals surface area contributed by atoms with Gasteiger partial charge in [-0.25, -0.2) is 4.79 Å². The second-order valence-electron chi connectivity index (χ2n) is 6.16. The van der Waals surface area contributed by atoms with Gasteiger partial charge in [-0.3, -0.25) is 0 Å². The van der Waals surface area contributed by atoms with E-state index >= 15 is 0 Å². The first-order valence-electron chi connectivity index (χ1n) is 6.82. The molecule has 4 nitrogen and oxygen atoms in total. The lowest BCUT2D eigenvalue weighted by Gasteiger charge is -2.32. The van der Waals surface area contributed by atoms with Gasteiger partial charge in [-0.15, -0.1) is 0 Å². The monoisotopic (exact) mass is 385 g/mol. The Morgan fingerprint density at radius 2 is 1.89 bits per heavy atom. The zero-order valence-corrected chi connectivity index (χ0v) is 15.2. The Balaban J connectivity index is 4.27. The summed E-state index contributed by atoms with van der Waals surface area (Å²) in [5, 5.41) is 2.79. The molecule has 5 heteroatoms. The summed E-state index contributed by atoms with van der Waals surface area (Å²) in [6.45, 7) is 12.2. The standard InChI is InChI=1S/C14H28INO3/c1-7-8-11(2)18-14(6,9-15)10-16-12(17)19-13(3,4)5/h11H,7-10H2,1-6H3,(H,16,17). The van der Waals surface area contributed by atoms with Crippen molar-refractivity contribution in [1.82, 2.24) is 5.32 Å². The minimum atomic E-state index is -0.471. The number of hydrogen-bond donors (Lipinski definition) is 1. The molecule has 0 saturated heterocycles. The van der Waals surface area contributed by atoms with Gasteiger partial charge >= 0.3 is 6.09 Å². The van der Waals surface area contributed by atoms with E-state index in [1.165, 1.54) is 0 Å². The van der Waals surface area contributed by atoms with Crippen molar-refractivity contribution in [2.45, 2.75) is 71.7 Å². The van der Waals surface area contributed by atoms with Crippen molar-refractivity contribution in [2.75, 3.05) is 11.0 Å². The molecule has 0 saturated carbocycles. The van der Waals surface area contributed by atoms with Gasteiger partial charge in [0.2, 0.25) is 0 Å². The average Bonchev–Trinajstić information content (AvgIpc) is 2.24. The van der Waals surface area contributed by atoms with Crippen LogP contribution >= 0.6 is 22.6 Å². The van der Waals surface area contributed by atoms with Gasteiger partial charge < -0.3 is 14.8 Å². The van der Waals surface area contributed by atoms with E-state index in [4.69, 9.17) is 9.47 Å². The first-order chi connectivity index (χ1) is 8.62. The molecule has 0 heterocycles. The van der Waals surface area contributed by atoms with Gasteiger partial charge in [-0.1, -0.05) is 35.9 Å². The largest absolute Gasteiger partial charge is 0.444 e. The van der Waals surface area contributed by atoms with Crippen LogP contribution in [0.4, 0.5) is 4.79 Å². The molecule has 0 aromatic rings. The molecule has 0 aromatic heterocycles. The van der Waals surface area contributed by atoms with E-state index in [0.717, 1.165) is 17.3 Å². The Hall–Kier alpha value is -0.0400. The third kappa shape index (κ3) is 9.49. The third-order valence-electron chi connectivity index (χ3n) is 2.47. The number of halogens is 1. The molecular weight excluding hydrogens is 357 g/mol. The molecule has 2 unspecified atom stereocenters. The minimum Gasteiger partial charge on any atom is -0.444 e. The number of hydrogen-bond acceptors (Lipinski definition) is 3. The van der Waals surface area contributed by atoms with Gasteiger partial charge in [0, 0.05) is 4.43 Å². The third-order valence-corrected chi connectivity index (χ3v) is 4.08. The SMILES string of the molecule is CCCC(C)OC(C)(CI)CNC(=O)OC(C)(C)C. The minimum absolute atomic E-state index is 0.199. The van der Waals surface area contributed by atoms with Crippen LogP contribution in [-0.2, 0) is 9.47 Å². The molecule has 1 N–H and O–H groups in total. The maximum atomic E-state index is 11.6. The van der Waals surface area contributed by atoms with Crippen molar-refractivity contribution in [3.63, 3.8) is 0 Å². The van der Waals surface area contributed by atoms with Crippen LogP contribution in [0, 0.1) is 0 Å². The van der Waals surface area contributed by atoms with Crippen molar-refractivity contribution in [1.29, 1.82) is 0 Å². The highest BCUT2D eigenvalue weighted by molar-refractivity contribution is 14.1. The van der Waals surface area contributed by atoms with Crippen molar-refractivity contribution in [3.05, 3.63) is 0 Å². The number of alkyl carbamates (subject to hydrolysis) is 1. The normalized spacial score (nSPS) is 16.6. The fourth-order valence-electron chi connectivity index (χ4n) is 1.64. The molecule has 0 aromatic carbocycles. The number of amides is 1. The van der Waals surface area contributed by atoms with E-state index in [-0.39, 0.29) is 11.7 Å². The molecule has 2 atom stereocenters. The van der Waals surface area contributed by atoms with Crippen molar-refractivity contribution < 1.29 is 14.3 Å². The van der Waals surface area contributed by atoms with E-state index in [1.54, 1.807) is 0 Å². The molecule has 1 amide bonds. The van der Waals surface area contributed by atoms with Crippen molar-refractivity contribution in [2.24, 2.45) is 0 Å². The molecular formula is C14H28INO3. The fraction of sp³-hybridized carbons (Fsp3) is 0.929. The molecule has 0 fully saturated rings. The summed E-state index contributed by atoms with van der Waals surface area (Å²) >= 11 is 2.29. The molecule has 0 spiro atoms. The predicted octanol–water partition coefficient (Wildman–Crippen LogP) is 3.91. The summed E-state index contributed by atoms with van der Waals surface area (Å²) in [6.07, 6.45) is 1.93. The highest BCUT2D eigenvalue weighted by Gasteiger charge is 2.27. The van der Waals surface area contributed by atoms with E-state index in [2.05, 4.69) is 41.8 Å². The van der Waals surface area contributed by atoms with Crippen LogP contribution < -0.4 is 5.32 Å². The number of carbonyl (C=O) groups is 1. The summed E-state index contributed by atoms with van der Waals surface area (Å²) in [5.41, 5.74) is -0.826. The first-order valence-corrected chi connectivity index (χ1v) is 8.35. The van der Waals surface area contributed by atoms with Crippen LogP contribution in [0.15, 0.2) is 0 Å². The van der Waals surface area contributed by atoms with Crippen LogP contribution in [0.3, 0.4) is 0 Å². The average molecular weight is 385 g/mol. The number of rotatable bonds is 7. The second kappa shape index (κ2) is 8.29. The van der Waals surface area contributed by atoms with Gasteiger partial charge in [0.1, 0.15) is 5.60 Å². The van der Waals surface area contributed by atoms with Gasteiger partial charge in [-0.05, 0) is 41.0 Å². The highest BCUT2D eigenvalue weighted by Crippen LogP contribution is 2.18. The maximum absolute atomic E-state index is 11.6. The lowest BCUT2D eigenvalue weighted by atomic mass is 10.1. The fourth-order valence-corrected chi connectivity index (χ4v) is 2.09. The lowest BCUT2D eigenvalue weighted by molar-refractivity contribution is -0.0605. The van der Waals surface area contributed by atoms with Crippen LogP contribution in [0.25, 0.3) is 0 Å². The van der Waals surface area contributed by atoms with Gasteiger partial charge in [0.25, 0.3) is 0 Å². The zero-order chi connectivity index (χ0) is 15.1. The molecule has 114 valence electrons. The Bertz CT molecular complexity index is 278. The quantitative estimate of drug-likeness (QED) is 0.534. The Morgan fingerprint density at radius 3 is 2.32 bits per heavy atom. The smallest absolute Gasteiger partial charge is 0.407 e. The maximum Gasteiger partial charge on any atom is 0.407 e. The Labute approximate surface area is 131 Å². The number of carbonyl (C=O) groups excluding carboxylic acids is 1. The summed E-state index contributed by atoms with van der Waals surface area (Å²) < 4.78 is 12.1. The van der Waals surface area contributed by atoms with Gasteiger partial charge in [-0.2, -0.15) is 0 Å². The van der Waals surface area contributed by atoms with Crippen molar-refractivity contribution in [3.8, 4) is 0 Å². The second-order valence-corrected chi connectivity index (χ2v) is 6.92. The first kappa shape index (κ1) is 19.0. The molecule has 19 heavy (non-hydrogen) atoms. The number of nitrogens with one attached hydrogen (secondary N) is 1. The predicted molar refractivity (Wildman–Crippen MR) is 87.0 cm³/mol. The Kier molecular flexibility index (Phi) is 8.27. The number of alkyl halides is 1. The molecule has 0 bridgehead atoms. The van der Waals surface area contributed by atoms with Gasteiger partial charge in [0.15, 0.2) is 0 Å². The Morgan fingerprint density at radius 1 is 1.32 bits per heavy atom. The highest BCUT2D eigenvalue weighted by atomic mass is 127. The van der Waals surface area contributed by atoms with E-state index in [0.29, 0.717) is 6.54 Å². The van der Waals surface area contributed by atoms with Crippen molar-refractivity contribution >= 4 is 28.7 Å².